The van der Waals surface area contributed by atoms with Crippen molar-refractivity contribution < 1.29 is 14.3 Å². The second-order valence-corrected chi connectivity index (χ2v) is 4.82. The van der Waals surface area contributed by atoms with E-state index in [0.717, 1.165) is 9.26 Å². The molecule has 4 nitrogen and oxygen atoms in total. The van der Waals surface area contributed by atoms with Crippen LogP contribution in [0.25, 0.3) is 0 Å². The number of benzene rings is 1. The van der Waals surface area contributed by atoms with E-state index < -0.39 is 5.97 Å². The average Bonchev–Trinajstić information content (AvgIpc) is 2.71. The molecule has 2 aromatic rings. The maximum atomic E-state index is 10.6. The molecule has 2 rings (SSSR count). The highest BCUT2D eigenvalue weighted by molar-refractivity contribution is 14.1. The number of hydrogen-bond donors (Lipinski definition) is 2. The third-order valence-electron chi connectivity index (χ3n) is 2.01. The molecule has 1 aromatic heterocycles. The summed E-state index contributed by atoms with van der Waals surface area (Å²) in [7, 11) is 0. The minimum atomic E-state index is -1.09. The van der Waals surface area contributed by atoms with Crippen molar-refractivity contribution in [2.75, 3.05) is 5.32 Å². The number of nitrogens with one attached hydrogen (secondary N) is 1. The number of furan rings is 1. The van der Waals surface area contributed by atoms with Crippen LogP contribution in [0.4, 0.5) is 11.6 Å². The van der Waals surface area contributed by atoms with Gasteiger partial charge in [-0.3, -0.25) is 0 Å². The lowest BCUT2D eigenvalue weighted by atomic mass is 10.3. The summed E-state index contributed by atoms with van der Waals surface area (Å²) in [6.45, 7) is 0. The zero-order chi connectivity index (χ0) is 12.4. The molecule has 0 spiro atoms. The molecule has 1 aromatic carbocycles. The van der Waals surface area contributed by atoms with Gasteiger partial charge in [-0.2, -0.15) is 0 Å². The van der Waals surface area contributed by atoms with Gasteiger partial charge in [0.1, 0.15) is 0 Å². The van der Waals surface area contributed by atoms with Gasteiger partial charge in [-0.15, -0.1) is 0 Å². The molecule has 1 heterocycles. The van der Waals surface area contributed by atoms with Crippen LogP contribution in [0, 0.1) is 3.57 Å². The molecule has 6 heteroatoms. The van der Waals surface area contributed by atoms with Crippen LogP contribution < -0.4 is 5.32 Å². The van der Waals surface area contributed by atoms with Crippen LogP contribution in [0.1, 0.15) is 10.6 Å². The average molecular weight is 364 g/mol. The quantitative estimate of drug-likeness (QED) is 0.810. The molecule has 0 fully saturated rings. The summed E-state index contributed by atoms with van der Waals surface area (Å²) < 4.78 is 6.01. The molecule has 0 aliphatic carbocycles. The standard InChI is InChI=1S/C11H7ClINO3/c12-6-1-2-8(7(13)5-6)14-10-4-3-9(17-10)11(15)16/h1-5,14H,(H,15,16). The van der Waals surface area contributed by atoms with Crippen molar-refractivity contribution in [2.45, 2.75) is 0 Å². The molecule has 17 heavy (non-hydrogen) atoms. The fraction of sp³-hybridized carbons (Fsp3) is 0. The summed E-state index contributed by atoms with van der Waals surface area (Å²) in [4.78, 5) is 10.6. The topological polar surface area (TPSA) is 62.5 Å². The highest BCUT2D eigenvalue weighted by Gasteiger charge is 2.09. The summed E-state index contributed by atoms with van der Waals surface area (Å²) in [6, 6.07) is 8.30. The van der Waals surface area contributed by atoms with Crippen LogP contribution in [0.2, 0.25) is 5.02 Å². The van der Waals surface area contributed by atoms with Crippen LogP contribution in [-0.4, -0.2) is 11.1 Å². The van der Waals surface area contributed by atoms with Crippen molar-refractivity contribution in [3.05, 3.63) is 44.7 Å². The monoisotopic (exact) mass is 363 g/mol. The molecule has 0 radical (unpaired) electrons. The Hall–Kier alpha value is -1.21. The largest absolute Gasteiger partial charge is 0.475 e. The number of carboxylic acids is 1. The third-order valence-corrected chi connectivity index (χ3v) is 3.13. The molecule has 0 saturated heterocycles. The van der Waals surface area contributed by atoms with Gasteiger partial charge in [0.15, 0.2) is 5.88 Å². The van der Waals surface area contributed by atoms with Crippen LogP contribution >= 0.6 is 34.2 Å². The molecular weight excluding hydrogens is 356 g/mol. The molecule has 2 N–H and O–H groups in total. The molecule has 0 unspecified atom stereocenters. The van der Waals surface area contributed by atoms with Gasteiger partial charge in [0.05, 0.1) is 5.69 Å². The Morgan fingerprint density at radius 3 is 2.71 bits per heavy atom. The van der Waals surface area contributed by atoms with E-state index in [2.05, 4.69) is 27.9 Å². The number of halogens is 2. The van der Waals surface area contributed by atoms with Crippen LogP contribution in [0.3, 0.4) is 0 Å². The molecule has 0 atom stereocenters. The normalized spacial score (nSPS) is 10.2. The van der Waals surface area contributed by atoms with Crippen LogP contribution in [0.15, 0.2) is 34.7 Å². The molecular formula is C11H7ClINO3. The van der Waals surface area contributed by atoms with Gasteiger partial charge in [-0.05, 0) is 46.9 Å². The number of carbonyl (C=O) groups is 1. The maximum absolute atomic E-state index is 10.6. The Labute approximate surface area is 116 Å². The fourth-order valence-corrected chi connectivity index (χ4v) is 2.25. The Balaban J connectivity index is 2.22. The minimum absolute atomic E-state index is 0.100. The van der Waals surface area contributed by atoms with E-state index in [1.807, 2.05) is 0 Å². The predicted octanol–water partition coefficient (Wildman–Crippen LogP) is 3.98. The molecule has 88 valence electrons. The highest BCUT2D eigenvalue weighted by Crippen LogP contribution is 2.26. The predicted molar refractivity (Wildman–Crippen MR) is 73.1 cm³/mol. The van der Waals surface area contributed by atoms with Gasteiger partial charge in [0.2, 0.25) is 5.76 Å². The fourth-order valence-electron chi connectivity index (χ4n) is 1.24. The van der Waals surface area contributed by atoms with Gasteiger partial charge in [0.25, 0.3) is 0 Å². The van der Waals surface area contributed by atoms with Crippen molar-refractivity contribution >= 4 is 51.7 Å². The zero-order valence-corrected chi connectivity index (χ0v) is 11.3. The Morgan fingerprint density at radius 2 is 2.12 bits per heavy atom. The van der Waals surface area contributed by atoms with E-state index in [4.69, 9.17) is 21.1 Å². The maximum Gasteiger partial charge on any atom is 0.371 e. The highest BCUT2D eigenvalue weighted by atomic mass is 127. The lowest BCUT2D eigenvalue weighted by molar-refractivity contribution is 0.0663. The van der Waals surface area contributed by atoms with Crippen molar-refractivity contribution in [2.24, 2.45) is 0 Å². The van der Waals surface area contributed by atoms with Gasteiger partial charge in [0, 0.05) is 14.7 Å². The first-order valence-electron chi connectivity index (χ1n) is 4.61. The minimum Gasteiger partial charge on any atom is -0.475 e. The van der Waals surface area contributed by atoms with E-state index in [-0.39, 0.29) is 5.76 Å². The van der Waals surface area contributed by atoms with Crippen LogP contribution in [-0.2, 0) is 0 Å². The summed E-state index contributed by atoms with van der Waals surface area (Å²) in [5, 5.41) is 12.3. The second kappa shape index (κ2) is 4.97. The first-order valence-corrected chi connectivity index (χ1v) is 6.07. The lowest BCUT2D eigenvalue weighted by Crippen LogP contribution is -1.93. The first kappa shape index (κ1) is 12.3. The van der Waals surface area contributed by atoms with E-state index in [9.17, 15) is 4.79 Å². The van der Waals surface area contributed by atoms with Crippen LogP contribution in [0.5, 0.6) is 0 Å². The molecule has 0 amide bonds. The summed E-state index contributed by atoms with van der Waals surface area (Å²) in [6.07, 6.45) is 0. The SMILES string of the molecule is O=C(O)c1ccc(Nc2ccc(Cl)cc2I)o1. The zero-order valence-electron chi connectivity index (χ0n) is 8.41. The Kier molecular flexibility index (Phi) is 3.58. The summed E-state index contributed by atoms with van der Waals surface area (Å²) >= 11 is 7.96. The lowest BCUT2D eigenvalue weighted by Gasteiger charge is -2.05. The smallest absolute Gasteiger partial charge is 0.371 e. The third kappa shape index (κ3) is 2.92. The molecule has 0 saturated carbocycles. The number of hydrogen-bond acceptors (Lipinski definition) is 3. The van der Waals surface area contributed by atoms with Gasteiger partial charge < -0.3 is 14.8 Å². The number of anilines is 2. The van der Waals surface area contributed by atoms with E-state index in [1.165, 1.54) is 6.07 Å². The van der Waals surface area contributed by atoms with Gasteiger partial charge in [-0.1, -0.05) is 11.6 Å². The van der Waals surface area contributed by atoms with E-state index in [1.54, 1.807) is 24.3 Å². The van der Waals surface area contributed by atoms with Gasteiger partial charge >= 0.3 is 5.97 Å². The number of rotatable bonds is 3. The molecule has 0 bridgehead atoms. The number of carboxylic acid groups (broad SMARTS) is 1. The van der Waals surface area contributed by atoms with Crippen molar-refractivity contribution in [1.29, 1.82) is 0 Å². The second-order valence-electron chi connectivity index (χ2n) is 3.22. The Morgan fingerprint density at radius 1 is 1.35 bits per heavy atom. The van der Waals surface area contributed by atoms with Crippen molar-refractivity contribution in [1.82, 2.24) is 0 Å². The van der Waals surface area contributed by atoms with Crippen molar-refractivity contribution in [3.8, 4) is 0 Å². The number of aromatic carboxylic acids is 1. The summed E-state index contributed by atoms with van der Waals surface area (Å²) in [5.41, 5.74) is 0.807. The first-order chi connectivity index (χ1) is 8.06. The van der Waals surface area contributed by atoms with E-state index >= 15 is 0 Å². The molecule has 0 aliphatic heterocycles. The Bertz CT molecular complexity index is 568. The summed E-state index contributed by atoms with van der Waals surface area (Å²) in [5.74, 6) is -0.817. The van der Waals surface area contributed by atoms with Gasteiger partial charge in [-0.25, -0.2) is 4.79 Å². The molecule has 0 aliphatic rings. The van der Waals surface area contributed by atoms with Crippen molar-refractivity contribution in [3.63, 3.8) is 0 Å². The van der Waals surface area contributed by atoms with E-state index in [0.29, 0.717) is 10.9 Å².